The summed E-state index contributed by atoms with van der Waals surface area (Å²) in [7, 11) is 0. The van der Waals surface area contributed by atoms with Crippen LogP contribution in [0.2, 0.25) is 0 Å². The minimum Gasteiger partial charge on any atom is -0.480 e. The van der Waals surface area contributed by atoms with Gasteiger partial charge in [0.1, 0.15) is 5.75 Å². The number of fused-ring (bicyclic) bond motifs is 1. The van der Waals surface area contributed by atoms with Crippen molar-refractivity contribution in [2.45, 2.75) is 75.7 Å². The number of carbonyl (C=O) groups is 1. The molecule has 1 amide bonds. The van der Waals surface area contributed by atoms with Crippen molar-refractivity contribution in [2.24, 2.45) is 0 Å². The van der Waals surface area contributed by atoms with E-state index in [1.807, 2.05) is 37.3 Å². The van der Waals surface area contributed by atoms with Crippen LogP contribution in [0.25, 0.3) is 10.8 Å². The Hall–Kier alpha value is -2.11. The number of nitrogens with zero attached hydrogens (tertiary/aromatic N) is 1. The van der Waals surface area contributed by atoms with Gasteiger partial charge in [0.2, 0.25) is 0 Å². The smallest absolute Gasteiger partial charge is 0.261 e. The van der Waals surface area contributed by atoms with Crippen LogP contribution in [0.4, 0.5) is 0 Å². The first-order chi connectivity index (χ1) is 15.1. The van der Waals surface area contributed by atoms with Gasteiger partial charge in [0.15, 0.2) is 6.10 Å². The average molecular weight is 423 g/mol. The van der Waals surface area contributed by atoms with Crippen LogP contribution in [-0.2, 0) is 9.53 Å². The van der Waals surface area contributed by atoms with Crippen LogP contribution in [0.15, 0.2) is 42.5 Å². The second-order valence-electron chi connectivity index (χ2n) is 9.54. The molecule has 2 saturated heterocycles. The molecule has 3 aliphatic rings. The van der Waals surface area contributed by atoms with Crippen molar-refractivity contribution in [3.05, 3.63) is 42.5 Å². The van der Waals surface area contributed by atoms with Gasteiger partial charge in [-0.3, -0.25) is 9.69 Å². The molecule has 1 aliphatic carbocycles. The van der Waals surface area contributed by atoms with Gasteiger partial charge in [-0.2, -0.15) is 0 Å². The van der Waals surface area contributed by atoms with Gasteiger partial charge in [-0.05, 0) is 76.4 Å². The zero-order chi connectivity index (χ0) is 21.3. The summed E-state index contributed by atoms with van der Waals surface area (Å²) in [5.74, 6) is 0.740. The van der Waals surface area contributed by atoms with Gasteiger partial charge in [-0.15, -0.1) is 0 Å². The van der Waals surface area contributed by atoms with Gasteiger partial charge in [-0.1, -0.05) is 36.4 Å². The molecular formula is C26H34N2O3. The summed E-state index contributed by atoms with van der Waals surface area (Å²) in [6.07, 6.45) is 7.37. The molecule has 4 atom stereocenters. The first-order valence-electron chi connectivity index (χ1n) is 12.0. The van der Waals surface area contributed by atoms with E-state index in [4.69, 9.17) is 9.47 Å². The second kappa shape index (κ2) is 8.79. The minimum absolute atomic E-state index is 0.0228. The van der Waals surface area contributed by atoms with Crippen LogP contribution >= 0.6 is 0 Å². The van der Waals surface area contributed by atoms with Gasteiger partial charge >= 0.3 is 0 Å². The summed E-state index contributed by atoms with van der Waals surface area (Å²) in [4.78, 5) is 15.7. The van der Waals surface area contributed by atoms with Crippen molar-refractivity contribution < 1.29 is 14.3 Å². The van der Waals surface area contributed by atoms with E-state index in [2.05, 4.69) is 22.3 Å². The minimum atomic E-state index is -0.538. The summed E-state index contributed by atoms with van der Waals surface area (Å²) in [6.45, 7) is 5.01. The molecule has 1 saturated carbocycles. The standard InChI is InChI=1S/C26H34N2O3/c1-19(31-24-11-6-9-20-8-2-3-10-21(20)24)25(29)27-22-12-14-26(13-7-17-30-26)18-23(22)28-15-4-5-16-28/h2-3,6,8-11,19,22-23H,4-5,7,12-18H2,1H3,(H,27,29). The molecule has 2 aliphatic heterocycles. The van der Waals surface area contributed by atoms with Gasteiger partial charge in [0.05, 0.1) is 5.60 Å². The molecule has 5 rings (SSSR count). The third kappa shape index (κ3) is 4.31. The third-order valence-corrected chi connectivity index (χ3v) is 7.50. The van der Waals surface area contributed by atoms with Crippen LogP contribution in [0.3, 0.4) is 0 Å². The molecule has 3 fully saturated rings. The lowest BCUT2D eigenvalue weighted by atomic mass is 9.76. The summed E-state index contributed by atoms with van der Waals surface area (Å²) < 4.78 is 12.4. The van der Waals surface area contributed by atoms with Crippen LogP contribution in [0.5, 0.6) is 5.75 Å². The molecule has 31 heavy (non-hydrogen) atoms. The number of likely N-dealkylation sites (tertiary alicyclic amines) is 1. The van der Waals surface area contributed by atoms with Crippen molar-refractivity contribution in [3.8, 4) is 5.75 Å². The fourth-order valence-corrected chi connectivity index (χ4v) is 5.82. The van der Waals surface area contributed by atoms with E-state index in [0.717, 1.165) is 55.5 Å². The highest BCUT2D eigenvalue weighted by molar-refractivity contribution is 5.89. The highest BCUT2D eigenvalue weighted by Crippen LogP contribution is 2.41. The van der Waals surface area contributed by atoms with E-state index in [1.165, 1.54) is 25.7 Å². The normalized spacial score (nSPS) is 30.0. The lowest BCUT2D eigenvalue weighted by molar-refractivity contribution is -0.130. The molecule has 1 N–H and O–H groups in total. The molecule has 2 aromatic rings. The maximum absolute atomic E-state index is 13.1. The summed E-state index contributed by atoms with van der Waals surface area (Å²) in [5, 5.41) is 5.52. The van der Waals surface area contributed by atoms with E-state index in [-0.39, 0.29) is 17.6 Å². The SMILES string of the molecule is CC(Oc1cccc2ccccc12)C(=O)NC1CCC2(CCCO2)CC1N1CCCC1. The highest BCUT2D eigenvalue weighted by atomic mass is 16.5. The Labute approximate surface area is 185 Å². The quantitative estimate of drug-likeness (QED) is 0.781. The Bertz CT molecular complexity index is 913. The molecule has 0 radical (unpaired) electrons. The van der Waals surface area contributed by atoms with Crippen molar-refractivity contribution in [1.29, 1.82) is 0 Å². The molecule has 0 aromatic heterocycles. The Morgan fingerprint density at radius 3 is 2.74 bits per heavy atom. The third-order valence-electron chi connectivity index (χ3n) is 7.50. The molecule has 0 bridgehead atoms. The number of carbonyl (C=O) groups excluding carboxylic acids is 1. The molecule has 5 nitrogen and oxygen atoms in total. The average Bonchev–Trinajstić information content (AvgIpc) is 3.48. The molecule has 2 aromatic carbocycles. The van der Waals surface area contributed by atoms with Crippen LogP contribution in [0.1, 0.15) is 51.9 Å². The molecule has 1 spiro atoms. The Balaban J connectivity index is 1.27. The van der Waals surface area contributed by atoms with Crippen molar-refractivity contribution >= 4 is 16.7 Å². The Kier molecular flexibility index (Phi) is 5.89. The number of amides is 1. The lowest BCUT2D eigenvalue weighted by Crippen LogP contribution is -2.59. The van der Waals surface area contributed by atoms with Crippen LogP contribution in [0, 0.1) is 0 Å². The van der Waals surface area contributed by atoms with Crippen molar-refractivity contribution in [1.82, 2.24) is 10.2 Å². The number of hydrogen-bond donors (Lipinski definition) is 1. The molecule has 4 unspecified atom stereocenters. The van der Waals surface area contributed by atoms with Crippen molar-refractivity contribution in [3.63, 3.8) is 0 Å². The maximum Gasteiger partial charge on any atom is 0.261 e. The first-order valence-corrected chi connectivity index (χ1v) is 12.0. The van der Waals surface area contributed by atoms with Crippen LogP contribution in [-0.4, -0.2) is 54.3 Å². The zero-order valence-corrected chi connectivity index (χ0v) is 18.5. The van der Waals surface area contributed by atoms with E-state index >= 15 is 0 Å². The first kappa shape index (κ1) is 20.8. The summed E-state index contributed by atoms with van der Waals surface area (Å²) >= 11 is 0. The topological polar surface area (TPSA) is 50.8 Å². The number of benzene rings is 2. The molecular weight excluding hydrogens is 388 g/mol. The van der Waals surface area contributed by atoms with E-state index in [1.54, 1.807) is 0 Å². The zero-order valence-electron chi connectivity index (χ0n) is 18.5. The Morgan fingerprint density at radius 2 is 1.94 bits per heavy atom. The van der Waals surface area contributed by atoms with Gasteiger partial charge < -0.3 is 14.8 Å². The van der Waals surface area contributed by atoms with E-state index in [9.17, 15) is 4.79 Å². The number of hydrogen-bond acceptors (Lipinski definition) is 4. The number of nitrogens with one attached hydrogen (secondary N) is 1. The predicted octanol–water partition coefficient (Wildman–Crippen LogP) is 4.29. The fraction of sp³-hybridized carbons (Fsp3) is 0.577. The molecule has 2 heterocycles. The van der Waals surface area contributed by atoms with Gasteiger partial charge in [0, 0.05) is 24.1 Å². The van der Waals surface area contributed by atoms with Gasteiger partial charge in [0.25, 0.3) is 5.91 Å². The van der Waals surface area contributed by atoms with Crippen molar-refractivity contribution in [2.75, 3.05) is 19.7 Å². The second-order valence-corrected chi connectivity index (χ2v) is 9.54. The Morgan fingerprint density at radius 1 is 1.13 bits per heavy atom. The lowest BCUT2D eigenvalue weighted by Gasteiger charge is -2.46. The maximum atomic E-state index is 13.1. The van der Waals surface area contributed by atoms with Gasteiger partial charge in [-0.25, -0.2) is 0 Å². The van der Waals surface area contributed by atoms with E-state index in [0.29, 0.717) is 6.04 Å². The highest BCUT2D eigenvalue weighted by Gasteiger charge is 2.46. The summed E-state index contributed by atoms with van der Waals surface area (Å²) in [6, 6.07) is 14.7. The largest absolute Gasteiger partial charge is 0.480 e. The van der Waals surface area contributed by atoms with Crippen LogP contribution < -0.4 is 10.1 Å². The van der Waals surface area contributed by atoms with E-state index < -0.39 is 6.10 Å². The summed E-state index contributed by atoms with van der Waals surface area (Å²) in [5.41, 5.74) is 0.0412. The predicted molar refractivity (Wildman–Crippen MR) is 122 cm³/mol. The number of rotatable bonds is 5. The number of ether oxygens (including phenoxy) is 2. The monoisotopic (exact) mass is 422 g/mol. The molecule has 166 valence electrons. The molecule has 5 heteroatoms. The fourth-order valence-electron chi connectivity index (χ4n) is 5.82.